The van der Waals surface area contributed by atoms with Gasteiger partial charge in [0.15, 0.2) is 0 Å². The van der Waals surface area contributed by atoms with E-state index >= 15 is 0 Å². The molecule has 0 N–H and O–H groups in total. The fraction of sp³-hybridized carbons (Fsp3) is 0.818. The molecule has 0 saturated carbocycles. The molecule has 0 heterocycles. The maximum Gasteiger partial charge on any atom is -0.0234 e. The zero-order valence-corrected chi connectivity index (χ0v) is 8.48. The second kappa shape index (κ2) is 6.45. The largest absolute Gasteiger partial charge is 0.0853 e. The summed E-state index contributed by atoms with van der Waals surface area (Å²) in [6, 6.07) is 0. The van der Waals surface area contributed by atoms with Gasteiger partial charge >= 0.3 is 0 Å². The van der Waals surface area contributed by atoms with E-state index in [0.29, 0.717) is 0 Å². The third kappa shape index (κ3) is 4.23. The van der Waals surface area contributed by atoms with Gasteiger partial charge in [-0.15, -0.1) is 0 Å². The van der Waals surface area contributed by atoms with Gasteiger partial charge in [0.2, 0.25) is 0 Å². The Hall–Kier alpha value is -0.260. The Bertz CT molecular complexity index is 111. The quantitative estimate of drug-likeness (QED) is 0.521. The van der Waals surface area contributed by atoms with Crippen molar-refractivity contribution in [2.24, 2.45) is 5.92 Å². The molecule has 0 aliphatic heterocycles. The first-order valence-electron chi connectivity index (χ1n) is 4.95. The minimum Gasteiger partial charge on any atom is -0.0853 e. The molecule has 0 radical (unpaired) electrons. The second-order valence-electron chi connectivity index (χ2n) is 3.25. The number of rotatable bonds is 5. The lowest BCUT2D eigenvalue weighted by molar-refractivity contribution is 0.615. The topological polar surface area (TPSA) is 0 Å². The first kappa shape index (κ1) is 10.7. The predicted molar refractivity (Wildman–Crippen MR) is 52.7 cm³/mol. The third-order valence-electron chi connectivity index (χ3n) is 2.25. The Labute approximate surface area is 71.7 Å². The van der Waals surface area contributed by atoms with E-state index in [0.717, 1.165) is 5.92 Å². The van der Waals surface area contributed by atoms with Gasteiger partial charge in [0.1, 0.15) is 0 Å². The average Bonchev–Trinajstić information content (AvgIpc) is 2.03. The summed E-state index contributed by atoms with van der Waals surface area (Å²) in [5.41, 5.74) is 1.66. The van der Waals surface area contributed by atoms with Crippen molar-refractivity contribution in [2.75, 3.05) is 0 Å². The van der Waals surface area contributed by atoms with Crippen molar-refractivity contribution in [2.45, 2.75) is 53.4 Å². The van der Waals surface area contributed by atoms with Crippen molar-refractivity contribution >= 4 is 0 Å². The average molecular weight is 154 g/mol. The lowest BCUT2D eigenvalue weighted by Gasteiger charge is -2.12. The number of hydrogen-bond donors (Lipinski definition) is 0. The molecule has 0 bridgehead atoms. The third-order valence-corrected chi connectivity index (χ3v) is 2.25. The fourth-order valence-corrected chi connectivity index (χ4v) is 1.36. The van der Waals surface area contributed by atoms with Gasteiger partial charge in [0.25, 0.3) is 0 Å². The van der Waals surface area contributed by atoms with Crippen LogP contribution in [-0.4, -0.2) is 0 Å². The van der Waals surface area contributed by atoms with E-state index in [1.807, 2.05) is 0 Å². The van der Waals surface area contributed by atoms with E-state index in [4.69, 9.17) is 0 Å². The van der Waals surface area contributed by atoms with Gasteiger partial charge in [-0.2, -0.15) is 0 Å². The smallest absolute Gasteiger partial charge is 0.0234 e. The predicted octanol–water partition coefficient (Wildman–Crippen LogP) is 4.17. The van der Waals surface area contributed by atoms with E-state index in [2.05, 4.69) is 33.8 Å². The summed E-state index contributed by atoms with van der Waals surface area (Å²) in [6.07, 6.45) is 7.46. The Balaban J connectivity index is 3.97. The zero-order valence-electron chi connectivity index (χ0n) is 8.48. The maximum atomic E-state index is 2.40. The van der Waals surface area contributed by atoms with Crippen molar-refractivity contribution in [1.29, 1.82) is 0 Å². The van der Waals surface area contributed by atoms with Crippen LogP contribution in [0, 0.1) is 5.92 Å². The molecule has 0 aromatic carbocycles. The van der Waals surface area contributed by atoms with Crippen LogP contribution in [0.25, 0.3) is 0 Å². The molecule has 0 aromatic heterocycles. The zero-order chi connectivity index (χ0) is 8.69. The first-order valence-corrected chi connectivity index (χ1v) is 4.95. The van der Waals surface area contributed by atoms with Crippen LogP contribution >= 0.6 is 0 Å². The van der Waals surface area contributed by atoms with Crippen molar-refractivity contribution in [3.63, 3.8) is 0 Å². The molecule has 0 rings (SSSR count). The van der Waals surface area contributed by atoms with Crippen LogP contribution in [0.2, 0.25) is 0 Å². The summed E-state index contributed by atoms with van der Waals surface area (Å²) in [5, 5.41) is 0. The van der Waals surface area contributed by atoms with Crippen molar-refractivity contribution < 1.29 is 0 Å². The van der Waals surface area contributed by atoms with Crippen molar-refractivity contribution in [3.8, 4) is 0 Å². The molecule has 0 aromatic rings. The van der Waals surface area contributed by atoms with Crippen LogP contribution in [0.3, 0.4) is 0 Å². The molecule has 0 aliphatic rings. The number of hydrogen-bond acceptors (Lipinski definition) is 0. The van der Waals surface area contributed by atoms with E-state index < -0.39 is 0 Å². The first-order chi connectivity index (χ1) is 5.26. The van der Waals surface area contributed by atoms with Crippen LogP contribution in [0.1, 0.15) is 53.4 Å². The van der Waals surface area contributed by atoms with Crippen LogP contribution in [0.15, 0.2) is 11.6 Å². The van der Waals surface area contributed by atoms with Gasteiger partial charge in [0, 0.05) is 0 Å². The molecule has 0 saturated heterocycles. The maximum absolute atomic E-state index is 2.40. The molecule has 11 heavy (non-hydrogen) atoms. The van der Waals surface area contributed by atoms with E-state index in [1.165, 1.54) is 25.7 Å². The highest BCUT2D eigenvalue weighted by molar-refractivity contribution is 5.04. The van der Waals surface area contributed by atoms with Crippen LogP contribution in [0.4, 0.5) is 0 Å². The molecule has 0 aliphatic carbocycles. The SMILES string of the molecule is CC/C=C(/CCC)C(C)CC. The Morgan fingerprint density at radius 2 is 1.91 bits per heavy atom. The summed E-state index contributed by atoms with van der Waals surface area (Å²) in [6.45, 7) is 9.07. The number of allylic oxidation sites excluding steroid dienone is 2. The Kier molecular flexibility index (Phi) is 6.30. The van der Waals surface area contributed by atoms with Crippen molar-refractivity contribution in [1.82, 2.24) is 0 Å². The fourth-order valence-electron chi connectivity index (χ4n) is 1.36. The normalized spacial score (nSPS) is 15.1. The monoisotopic (exact) mass is 154 g/mol. The van der Waals surface area contributed by atoms with Crippen LogP contribution in [0.5, 0.6) is 0 Å². The standard InChI is InChI=1S/C11H22/c1-5-8-11(9-6-2)10(4)7-3/h8,10H,5-7,9H2,1-4H3/b11-8-. The minimum absolute atomic E-state index is 0.801. The molecule has 0 nitrogen and oxygen atoms in total. The van der Waals surface area contributed by atoms with E-state index in [-0.39, 0.29) is 0 Å². The van der Waals surface area contributed by atoms with Crippen LogP contribution in [-0.2, 0) is 0 Å². The van der Waals surface area contributed by atoms with E-state index in [1.54, 1.807) is 5.57 Å². The van der Waals surface area contributed by atoms with E-state index in [9.17, 15) is 0 Å². The highest BCUT2D eigenvalue weighted by Crippen LogP contribution is 2.19. The van der Waals surface area contributed by atoms with Gasteiger partial charge in [-0.05, 0) is 25.2 Å². The lowest BCUT2D eigenvalue weighted by atomic mass is 9.94. The molecule has 0 spiro atoms. The molecule has 0 fully saturated rings. The summed E-state index contributed by atoms with van der Waals surface area (Å²) in [5.74, 6) is 0.801. The molecular weight excluding hydrogens is 132 g/mol. The minimum atomic E-state index is 0.801. The molecule has 1 unspecified atom stereocenters. The molecule has 66 valence electrons. The summed E-state index contributed by atoms with van der Waals surface area (Å²) < 4.78 is 0. The second-order valence-corrected chi connectivity index (χ2v) is 3.25. The van der Waals surface area contributed by atoms with Gasteiger partial charge < -0.3 is 0 Å². The molecule has 1 atom stereocenters. The highest BCUT2D eigenvalue weighted by Gasteiger charge is 2.03. The lowest BCUT2D eigenvalue weighted by Crippen LogP contribution is -1.97. The molecular formula is C11H22. The van der Waals surface area contributed by atoms with Gasteiger partial charge in [-0.25, -0.2) is 0 Å². The molecule has 0 heteroatoms. The summed E-state index contributed by atoms with van der Waals surface area (Å²) in [7, 11) is 0. The Morgan fingerprint density at radius 1 is 1.27 bits per heavy atom. The highest BCUT2D eigenvalue weighted by atomic mass is 14.1. The van der Waals surface area contributed by atoms with Crippen LogP contribution < -0.4 is 0 Å². The van der Waals surface area contributed by atoms with Crippen molar-refractivity contribution in [3.05, 3.63) is 11.6 Å². The van der Waals surface area contributed by atoms with Gasteiger partial charge in [-0.1, -0.05) is 45.8 Å². The van der Waals surface area contributed by atoms with Gasteiger partial charge in [0.05, 0.1) is 0 Å². The summed E-state index contributed by atoms with van der Waals surface area (Å²) in [4.78, 5) is 0. The molecule has 0 amide bonds. The van der Waals surface area contributed by atoms with Gasteiger partial charge in [-0.3, -0.25) is 0 Å². The Morgan fingerprint density at radius 3 is 2.27 bits per heavy atom. The summed E-state index contributed by atoms with van der Waals surface area (Å²) >= 11 is 0.